The Hall–Kier alpha value is -2.47. The lowest BCUT2D eigenvalue weighted by Gasteiger charge is -2.06. The van der Waals surface area contributed by atoms with Gasteiger partial charge in [0.25, 0.3) is 0 Å². The van der Waals surface area contributed by atoms with Crippen LogP contribution in [0.1, 0.15) is 5.56 Å². The summed E-state index contributed by atoms with van der Waals surface area (Å²) in [6.45, 7) is 0. The zero-order valence-electron chi connectivity index (χ0n) is 10.6. The molecule has 21 heavy (non-hydrogen) atoms. The van der Waals surface area contributed by atoms with Crippen LogP contribution in [-0.4, -0.2) is 10.9 Å². The van der Waals surface area contributed by atoms with Crippen molar-refractivity contribution in [1.29, 1.82) is 0 Å². The number of carbonyl (C=O) groups is 1. The van der Waals surface area contributed by atoms with E-state index in [-0.39, 0.29) is 6.42 Å². The molecule has 108 valence electrons. The first-order valence-electron chi connectivity index (χ1n) is 5.85. The fourth-order valence-electron chi connectivity index (χ4n) is 1.68. The van der Waals surface area contributed by atoms with Crippen LogP contribution in [0.3, 0.4) is 0 Å². The number of benzene rings is 2. The van der Waals surface area contributed by atoms with Crippen molar-refractivity contribution in [2.45, 2.75) is 6.42 Å². The van der Waals surface area contributed by atoms with Gasteiger partial charge in [-0.15, -0.1) is 0 Å². The summed E-state index contributed by atoms with van der Waals surface area (Å²) in [6, 6.07) is 9.28. The molecule has 0 amide bonds. The second-order valence-electron chi connectivity index (χ2n) is 4.11. The first-order chi connectivity index (χ1) is 9.97. The fourth-order valence-corrected chi connectivity index (χ4v) is 1.88. The van der Waals surface area contributed by atoms with Gasteiger partial charge in [0.1, 0.15) is 5.82 Å². The maximum Gasteiger partial charge on any atom is 0.315 e. The van der Waals surface area contributed by atoms with E-state index in [0.29, 0.717) is 10.6 Å². The summed E-state index contributed by atoms with van der Waals surface area (Å²) in [5, 5.41) is 11.2. The molecule has 0 saturated heterocycles. The van der Waals surface area contributed by atoms with E-state index in [1.807, 2.05) is 0 Å². The van der Waals surface area contributed by atoms with Gasteiger partial charge >= 0.3 is 11.7 Å². The Morgan fingerprint density at radius 1 is 1.29 bits per heavy atom. The Labute approximate surface area is 124 Å². The first kappa shape index (κ1) is 14.9. The Kier molecular flexibility index (Phi) is 4.49. The molecule has 0 aromatic heterocycles. The lowest BCUT2D eigenvalue weighted by molar-refractivity contribution is -0.385. The summed E-state index contributed by atoms with van der Waals surface area (Å²) in [5.74, 6) is -1.94. The van der Waals surface area contributed by atoms with Gasteiger partial charge in [-0.2, -0.15) is 0 Å². The van der Waals surface area contributed by atoms with E-state index in [9.17, 15) is 19.3 Å². The highest BCUT2D eigenvalue weighted by atomic mass is 35.5. The topological polar surface area (TPSA) is 69.4 Å². The van der Waals surface area contributed by atoms with Crippen LogP contribution >= 0.6 is 11.6 Å². The number of nitro benzene ring substituents is 1. The van der Waals surface area contributed by atoms with Crippen molar-refractivity contribution in [2.24, 2.45) is 0 Å². The van der Waals surface area contributed by atoms with Crippen LogP contribution < -0.4 is 4.74 Å². The molecule has 0 fully saturated rings. The molecule has 2 rings (SSSR count). The summed E-state index contributed by atoms with van der Waals surface area (Å²) in [6.07, 6.45) is -0.173. The van der Waals surface area contributed by atoms with Crippen molar-refractivity contribution in [1.82, 2.24) is 0 Å². The molecule has 0 spiro atoms. The number of hydrogen-bond acceptors (Lipinski definition) is 4. The molecular weight excluding hydrogens is 301 g/mol. The molecule has 0 atom stereocenters. The number of ether oxygens (including phenoxy) is 1. The van der Waals surface area contributed by atoms with Crippen molar-refractivity contribution in [3.63, 3.8) is 0 Å². The van der Waals surface area contributed by atoms with Crippen LogP contribution in [0.5, 0.6) is 5.75 Å². The van der Waals surface area contributed by atoms with E-state index in [1.165, 1.54) is 0 Å². The van der Waals surface area contributed by atoms with Crippen LogP contribution in [-0.2, 0) is 11.2 Å². The van der Waals surface area contributed by atoms with E-state index in [2.05, 4.69) is 0 Å². The number of esters is 1. The predicted octanol–water partition coefficient (Wildman–Crippen LogP) is 3.54. The van der Waals surface area contributed by atoms with E-state index in [1.54, 1.807) is 24.3 Å². The van der Waals surface area contributed by atoms with Gasteiger partial charge in [0.2, 0.25) is 5.75 Å². The maximum absolute atomic E-state index is 13.1. The van der Waals surface area contributed by atoms with E-state index in [0.717, 1.165) is 18.2 Å². The van der Waals surface area contributed by atoms with E-state index >= 15 is 0 Å². The molecule has 2 aromatic rings. The van der Waals surface area contributed by atoms with Gasteiger partial charge in [0.15, 0.2) is 0 Å². The Balaban J connectivity index is 2.18. The van der Waals surface area contributed by atoms with Crippen molar-refractivity contribution < 1.29 is 18.8 Å². The number of nitro groups is 1. The highest BCUT2D eigenvalue weighted by Crippen LogP contribution is 2.28. The van der Waals surface area contributed by atoms with Crippen molar-refractivity contribution in [3.05, 3.63) is 69.0 Å². The molecule has 0 heterocycles. The number of halogens is 2. The summed E-state index contributed by atoms with van der Waals surface area (Å²) in [5.41, 5.74) is 0.0344. The summed E-state index contributed by atoms with van der Waals surface area (Å²) in [4.78, 5) is 21.8. The standard InChI is InChI=1S/C14H9ClFNO4/c15-11-4-2-1-3-9(11)7-14(18)21-13-8-10(16)5-6-12(13)17(19)20/h1-6,8H,7H2. The fraction of sp³-hybridized carbons (Fsp3) is 0.0714. The normalized spacial score (nSPS) is 10.2. The molecule has 0 aliphatic rings. The lowest BCUT2D eigenvalue weighted by Crippen LogP contribution is -2.12. The first-order valence-corrected chi connectivity index (χ1v) is 6.23. The summed E-state index contributed by atoms with van der Waals surface area (Å²) < 4.78 is 18.0. The zero-order valence-corrected chi connectivity index (χ0v) is 11.3. The van der Waals surface area contributed by atoms with Gasteiger partial charge < -0.3 is 4.74 Å². The third-order valence-electron chi connectivity index (χ3n) is 2.63. The van der Waals surface area contributed by atoms with Crippen LogP contribution in [0.25, 0.3) is 0 Å². The minimum atomic E-state index is -0.767. The Morgan fingerprint density at radius 2 is 2.00 bits per heavy atom. The third kappa shape index (κ3) is 3.76. The number of rotatable bonds is 4. The zero-order chi connectivity index (χ0) is 15.4. The van der Waals surface area contributed by atoms with Crippen molar-refractivity contribution >= 4 is 23.3 Å². The SMILES string of the molecule is O=C(Cc1ccccc1Cl)Oc1cc(F)ccc1[N+](=O)[O-]. The number of hydrogen-bond donors (Lipinski definition) is 0. The Morgan fingerprint density at radius 3 is 2.67 bits per heavy atom. The quantitative estimate of drug-likeness (QED) is 0.375. The van der Waals surface area contributed by atoms with Crippen molar-refractivity contribution in [3.8, 4) is 5.75 Å². The molecule has 0 saturated carbocycles. The molecule has 0 aliphatic carbocycles. The van der Waals surface area contributed by atoms with Gasteiger partial charge in [-0.3, -0.25) is 14.9 Å². The smallest absolute Gasteiger partial charge is 0.315 e. The molecule has 5 nitrogen and oxygen atoms in total. The highest BCUT2D eigenvalue weighted by Gasteiger charge is 2.19. The molecule has 2 aromatic carbocycles. The van der Waals surface area contributed by atoms with Gasteiger partial charge in [0.05, 0.1) is 11.3 Å². The van der Waals surface area contributed by atoms with Gasteiger partial charge in [-0.05, 0) is 17.7 Å². The average Bonchev–Trinajstić information content (AvgIpc) is 2.41. The molecule has 0 bridgehead atoms. The minimum Gasteiger partial charge on any atom is -0.419 e. The number of carbonyl (C=O) groups excluding carboxylic acids is 1. The van der Waals surface area contributed by atoms with Gasteiger partial charge in [-0.25, -0.2) is 4.39 Å². The van der Waals surface area contributed by atoms with Crippen LogP contribution in [0, 0.1) is 15.9 Å². The van der Waals surface area contributed by atoms with E-state index in [4.69, 9.17) is 16.3 Å². The summed E-state index contributed by atoms with van der Waals surface area (Å²) in [7, 11) is 0. The largest absolute Gasteiger partial charge is 0.419 e. The molecule has 0 aliphatic heterocycles. The predicted molar refractivity (Wildman–Crippen MR) is 73.8 cm³/mol. The third-order valence-corrected chi connectivity index (χ3v) is 3.00. The molecular formula is C14H9ClFNO4. The van der Waals surface area contributed by atoms with Crippen LogP contribution in [0.15, 0.2) is 42.5 Å². The van der Waals surface area contributed by atoms with Crippen molar-refractivity contribution in [2.75, 3.05) is 0 Å². The molecule has 0 radical (unpaired) electrons. The molecule has 0 N–H and O–H groups in total. The van der Waals surface area contributed by atoms with Crippen LogP contribution in [0.4, 0.5) is 10.1 Å². The lowest BCUT2D eigenvalue weighted by atomic mass is 10.1. The highest BCUT2D eigenvalue weighted by molar-refractivity contribution is 6.31. The second-order valence-corrected chi connectivity index (χ2v) is 4.52. The Bertz CT molecular complexity index is 705. The van der Waals surface area contributed by atoms with Gasteiger partial charge in [0, 0.05) is 17.2 Å². The average molecular weight is 310 g/mol. The van der Waals surface area contributed by atoms with E-state index < -0.39 is 28.1 Å². The monoisotopic (exact) mass is 309 g/mol. The minimum absolute atomic E-state index is 0.173. The second kappa shape index (κ2) is 6.32. The molecule has 7 heteroatoms. The molecule has 0 unspecified atom stereocenters. The summed E-state index contributed by atoms with van der Waals surface area (Å²) >= 11 is 5.90. The van der Waals surface area contributed by atoms with Gasteiger partial charge in [-0.1, -0.05) is 29.8 Å². The maximum atomic E-state index is 13.1. The van der Waals surface area contributed by atoms with Crippen LogP contribution in [0.2, 0.25) is 5.02 Å². The number of nitrogens with zero attached hydrogens (tertiary/aromatic N) is 1.